The van der Waals surface area contributed by atoms with Crippen molar-refractivity contribution in [1.82, 2.24) is 14.9 Å². The fraction of sp³-hybridized carbons (Fsp3) is 0.667. The zero-order valence-electron chi connectivity index (χ0n) is 10.4. The zero-order valence-corrected chi connectivity index (χ0v) is 11.3. The van der Waals surface area contributed by atoms with Gasteiger partial charge in [-0.1, -0.05) is 6.92 Å². The van der Waals surface area contributed by atoms with Gasteiger partial charge >= 0.3 is 18.1 Å². The Labute approximate surface area is 105 Å². The van der Waals surface area contributed by atoms with Crippen LogP contribution in [0.2, 0.25) is 0 Å². The molecule has 0 heterocycles. The van der Waals surface area contributed by atoms with Crippen molar-refractivity contribution in [2.75, 3.05) is 27.0 Å². The predicted octanol–water partition coefficient (Wildman–Crippen LogP) is 1.03. The van der Waals surface area contributed by atoms with Crippen LogP contribution in [0.25, 0.3) is 0 Å². The Morgan fingerprint density at radius 2 is 2.06 bits per heavy atom. The number of aliphatic imine (C=N–C) groups is 1. The van der Waals surface area contributed by atoms with Crippen LogP contribution in [0, 0.1) is 0 Å². The molecule has 8 heteroatoms. The standard InChI is InChI=1S/C9H18N4O3S/c1-5-6-17-12-7(14)10-8(16-4)11-9(15)13(2)3/h5-6H2,1-4H3,(H2,10,11,12,14,15). The smallest absolute Gasteiger partial charge is 0.347 e. The molecule has 0 rings (SSSR count). The minimum absolute atomic E-state index is 0.140. The Morgan fingerprint density at radius 1 is 1.41 bits per heavy atom. The summed E-state index contributed by atoms with van der Waals surface area (Å²) in [6, 6.07) is -1.13. The molecule has 0 aliphatic heterocycles. The second-order valence-corrected chi connectivity index (χ2v) is 4.10. The Morgan fingerprint density at radius 3 is 2.53 bits per heavy atom. The number of carbonyl (C=O) groups excluding carboxylic acids is 2. The lowest BCUT2D eigenvalue weighted by Gasteiger charge is -2.09. The van der Waals surface area contributed by atoms with Gasteiger partial charge in [0.2, 0.25) is 0 Å². The summed E-state index contributed by atoms with van der Waals surface area (Å²) in [5, 5.41) is 2.32. The Hall–Kier alpha value is -1.44. The molecule has 4 amide bonds. The van der Waals surface area contributed by atoms with Crippen molar-refractivity contribution in [3.63, 3.8) is 0 Å². The molecule has 0 aliphatic carbocycles. The third-order valence-corrected chi connectivity index (χ3v) is 2.41. The van der Waals surface area contributed by atoms with Gasteiger partial charge in [-0.3, -0.25) is 10.0 Å². The van der Waals surface area contributed by atoms with Gasteiger partial charge in [-0.25, -0.2) is 9.59 Å². The quantitative estimate of drug-likeness (QED) is 0.344. The van der Waals surface area contributed by atoms with Gasteiger partial charge in [-0.2, -0.15) is 0 Å². The van der Waals surface area contributed by atoms with Crippen molar-refractivity contribution in [1.29, 1.82) is 0 Å². The highest BCUT2D eigenvalue weighted by atomic mass is 32.2. The lowest BCUT2D eigenvalue weighted by Crippen LogP contribution is -2.38. The Kier molecular flexibility index (Phi) is 7.95. The van der Waals surface area contributed by atoms with Crippen molar-refractivity contribution in [3.05, 3.63) is 0 Å². The number of nitrogens with one attached hydrogen (secondary N) is 2. The first-order valence-corrected chi connectivity index (χ1v) is 6.02. The van der Waals surface area contributed by atoms with Crippen LogP contribution >= 0.6 is 11.9 Å². The van der Waals surface area contributed by atoms with E-state index in [1.54, 1.807) is 14.1 Å². The van der Waals surface area contributed by atoms with Crippen LogP contribution in [-0.4, -0.2) is 49.9 Å². The molecule has 0 aromatic heterocycles. The number of amidine groups is 1. The molecule has 0 fully saturated rings. The maximum Gasteiger partial charge on any atom is 0.347 e. The van der Waals surface area contributed by atoms with E-state index >= 15 is 0 Å². The predicted molar refractivity (Wildman–Crippen MR) is 67.9 cm³/mol. The number of rotatable bonds is 3. The second kappa shape index (κ2) is 8.68. The summed E-state index contributed by atoms with van der Waals surface area (Å²) in [7, 11) is 4.42. The van der Waals surface area contributed by atoms with E-state index in [-0.39, 0.29) is 6.02 Å². The van der Waals surface area contributed by atoms with Crippen LogP contribution in [0.3, 0.4) is 0 Å². The molecule has 0 atom stereocenters. The van der Waals surface area contributed by atoms with Crippen LogP contribution < -0.4 is 10.0 Å². The summed E-state index contributed by atoms with van der Waals surface area (Å²) < 4.78 is 7.30. The maximum atomic E-state index is 11.3. The molecule has 7 nitrogen and oxygen atoms in total. The molecule has 98 valence electrons. The van der Waals surface area contributed by atoms with E-state index in [0.717, 1.165) is 12.2 Å². The van der Waals surface area contributed by atoms with Crippen molar-refractivity contribution >= 4 is 30.0 Å². The molecule has 0 aromatic rings. The zero-order chi connectivity index (χ0) is 13.3. The number of methoxy groups -OCH3 is 1. The van der Waals surface area contributed by atoms with Crippen LogP contribution in [0.15, 0.2) is 4.99 Å². The van der Waals surface area contributed by atoms with Crippen LogP contribution in [0.4, 0.5) is 9.59 Å². The fourth-order valence-corrected chi connectivity index (χ4v) is 1.14. The molecule has 0 spiro atoms. The average Bonchev–Trinajstić information content (AvgIpc) is 2.28. The van der Waals surface area contributed by atoms with Gasteiger partial charge in [0, 0.05) is 19.8 Å². The van der Waals surface area contributed by atoms with E-state index in [0.29, 0.717) is 0 Å². The molecular weight excluding hydrogens is 244 g/mol. The van der Waals surface area contributed by atoms with Crippen LogP contribution in [-0.2, 0) is 4.74 Å². The SMILES string of the molecule is CCCSNC(=O)NC(=NC(=O)N(C)C)OC. The van der Waals surface area contributed by atoms with Crippen molar-refractivity contribution < 1.29 is 14.3 Å². The third kappa shape index (κ3) is 7.45. The van der Waals surface area contributed by atoms with E-state index in [9.17, 15) is 9.59 Å². The molecule has 2 N–H and O–H groups in total. The van der Waals surface area contributed by atoms with Gasteiger partial charge in [0.15, 0.2) is 0 Å². The Balaban J connectivity index is 4.21. The summed E-state index contributed by atoms with van der Waals surface area (Å²) in [4.78, 5) is 27.4. The number of hydrogen-bond donors (Lipinski definition) is 2. The van der Waals surface area contributed by atoms with Crippen molar-refractivity contribution in [3.8, 4) is 0 Å². The van der Waals surface area contributed by atoms with E-state index in [1.807, 2.05) is 6.92 Å². The van der Waals surface area contributed by atoms with Gasteiger partial charge in [-0.05, 0) is 18.4 Å². The highest BCUT2D eigenvalue weighted by Crippen LogP contribution is 1.95. The van der Waals surface area contributed by atoms with Gasteiger partial charge in [0.1, 0.15) is 0 Å². The number of urea groups is 2. The number of amides is 4. The van der Waals surface area contributed by atoms with Crippen LogP contribution in [0.1, 0.15) is 13.3 Å². The van der Waals surface area contributed by atoms with Gasteiger partial charge in [0.05, 0.1) is 7.11 Å². The first kappa shape index (κ1) is 15.6. The summed E-state index contributed by atoms with van der Waals surface area (Å²) in [6.45, 7) is 2.00. The molecule has 0 saturated heterocycles. The lowest BCUT2D eigenvalue weighted by molar-refractivity contribution is 0.226. The first-order chi connectivity index (χ1) is 8.01. The maximum absolute atomic E-state index is 11.3. The summed E-state index contributed by atoms with van der Waals surface area (Å²) in [5.41, 5.74) is 0. The number of ether oxygens (including phenoxy) is 1. The molecular formula is C9H18N4O3S. The van der Waals surface area contributed by atoms with Gasteiger partial charge in [0.25, 0.3) is 0 Å². The number of hydrogen-bond acceptors (Lipinski definition) is 4. The van der Waals surface area contributed by atoms with E-state index in [2.05, 4.69) is 15.0 Å². The molecule has 0 saturated carbocycles. The van der Waals surface area contributed by atoms with Gasteiger partial charge < -0.3 is 9.64 Å². The minimum Gasteiger partial charge on any atom is -0.468 e. The van der Waals surface area contributed by atoms with Crippen LogP contribution in [0.5, 0.6) is 0 Å². The van der Waals surface area contributed by atoms with E-state index in [4.69, 9.17) is 4.74 Å². The summed E-state index contributed by atoms with van der Waals surface area (Å²) in [5.74, 6) is 0.809. The monoisotopic (exact) mass is 262 g/mol. The van der Waals surface area contributed by atoms with Gasteiger partial charge in [-0.15, -0.1) is 4.99 Å². The third-order valence-electron chi connectivity index (χ3n) is 1.46. The minimum atomic E-state index is -0.511. The molecule has 0 aliphatic rings. The molecule has 0 radical (unpaired) electrons. The number of carbonyl (C=O) groups is 2. The van der Waals surface area contributed by atoms with Crippen molar-refractivity contribution in [2.24, 2.45) is 4.99 Å². The van der Waals surface area contributed by atoms with E-state index in [1.165, 1.54) is 24.0 Å². The Bertz CT molecular complexity index is 294. The summed E-state index contributed by atoms with van der Waals surface area (Å²) >= 11 is 1.27. The highest BCUT2D eigenvalue weighted by Gasteiger charge is 2.09. The average molecular weight is 262 g/mol. The topological polar surface area (TPSA) is 83.0 Å². The lowest BCUT2D eigenvalue weighted by atomic mass is 10.6. The molecule has 17 heavy (non-hydrogen) atoms. The highest BCUT2D eigenvalue weighted by molar-refractivity contribution is 7.97. The summed E-state index contributed by atoms with van der Waals surface area (Å²) in [6.07, 6.45) is 0.954. The molecule has 0 unspecified atom stereocenters. The normalized spacial score (nSPS) is 10.7. The molecule has 0 aromatic carbocycles. The van der Waals surface area contributed by atoms with E-state index < -0.39 is 12.1 Å². The second-order valence-electron chi connectivity index (χ2n) is 3.20. The van der Waals surface area contributed by atoms with Crippen molar-refractivity contribution in [2.45, 2.75) is 13.3 Å². The first-order valence-electron chi connectivity index (χ1n) is 5.04. The molecule has 0 bridgehead atoms. The largest absolute Gasteiger partial charge is 0.468 e. The number of nitrogens with zero attached hydrogens (tertiary/aromatic N) is 2. The fourth-order valence-electron chi connectivity index (χ4n) is 0.653.